The van der Waals surface area contributed by atoms with E-state index in [4.69, 9.17) is 19.5 Å². The summed E-state index contributed by atoms with van der Waals surface area (Å²) in [5.74, 6) is -3.05. The van der Waals surface area contributed by atoms with Gasteiger partial charge in [-0.15, -0.1) is 0 Å². The third-order valence-electron chi connectivity index (χ3n) is 2.33. The molecule has 112 valence electrons. The third kappa shape index (κ3) is 5.64. The molecule has 0 aliphatic carbocycles. The molecule has 3 N–H and O–H groups in total. The molecule has 0 heterocycles. The number of rotatable bonds is 6. The van der Waals surface area contributed by atoms with Crippen molar-refractivity contribution in [2.24, 2.45) is 0 Å². The molecule has 0 bridgehead atoms. The average Bonchev–Trinajstić information content (AvgIpc) is 2.33. The topological polar surface area (TPSA) is 138 Å². The summed E-state index contributed by atoms with van der Waals surface area (Å²) in [5, 5.41) is 17.7. The summed E-state index contributed by atoms with van der Waals surface area (Å²) < 4.78 is 35.9. The average molecular weight is 328 g/mol. The van der Waals surface area contributed by atoms with Crippen LogP contribution in [-0.4, -0.2) is 70.1 Å². The van der Waals surface area contributed by atoms with Crippen LogP contribution < -0.4 is 4.74 Å². The normalized spacial score (nSPS) is 12.1. The van der Waals surface area contributed by atoms with Crippen molar-refractivity contribution in [1.29, 1.82) is 0 Å². The second-order valence-electron chi connectivity index (χ2n) is 3.83. The second kappa shape index (κ2) is 7.76. The predicted molar refractivity (Wildman–Crippen MR) is 73.8 cm³/mol. The van der Waals surface area contributed by atoms with Gasteiger partial charge in [-0.3, -0.25) is 4.55 Å². The zero-order valence-electron chi connectivity index (χ0n) is 10.3. The van der Waals surface area contributed by atoms with Gasteiger partial charge in [0, 0.05) is 0 Å². The molecule has 1 rings (SSSR count). The minimum absolute atomic E-state index is 0. The van der Waals surface area contributed by atoms with E-state index in [2.05, 4.69) is 0 Å². The van der Waals surface area contributed by atoms with E-state index in [1.807, 2.05) is 0 Å². The predicted octanol–water partition coefficient (Wildman–Crippen LogP) is 0.437. The molecule has 0 aromatic heterocycles. The molecule has 8 nitrogen and oxygen atoms in total. The van der Waals surface area contributed by atoms with Gasteiger partial charge in [-0.1, -0.05) is 6.92 Å². The molecular weight excluding hydrogens is 315 g/mol. The molecule has 1 atom stereocenters. The molecule has 0 fully saturated rings. The number of carbonyl (C=O) groups is 2. The van der Waals surface area contributed by atoms with Gasteiger partial charge < -0.3 is 14.9 Å². The van der Waals surface area contributed by atoms with Gasteiger partial charge >= 0.3 is 51.6 Å². The van der Waals surface area contributed by atoms with Crippen molar-refractivity contribution in [3.63, 3.8) is 0 Å². The van der Waals surface area contributed by atoms with Crippen molar-refractivity contribution in [2.45, 2.75) is 18.8 Å². The van der Waals surface area contributed by atoms with E-state index in [-0.39, 0.29) is 52.9 Å². The van der Waals surface area contributed by atoms with Crippen molar-refractivity contribution in [3.8, 4) is 5.75 Å². The molecule has 0 amide bonds. The Balaban J connectivity index is 0.00000400. The van der Waals surface area contributed by atoms with Crippen molar-refractivity contribution in [2.75, 3.05) is 0 Å². The SMILES string of the molecule is CCC(Oc1cc(C(=O)O)cc(C(=O)O)c1)S(=O)(=O)O.[NaH]. The fourth-order valence-electron chi connectivity index (χ4n) is 1.42. The van der Waals surface area contributed by atoms with Crippen molar-refractivity contribution in [1.82, 2.24) is 0 Å². The van der Waals surface area contributed by atoms with Crippen LogP contribution in [0.4, 0.5) is 0 Å². The Hall–Kier alpha value is -1.13. The fourth-order valence-corrected chi connectivity index (χ4v) is 2.07. The van der Waals surface area contributed by atoms with Crippen molar-refractivity contribution >= 4 is 51.6 Å². The van der Waals surface area contributed by atoms with Gasteiger partial charge in [0.2, 0.25) is 5.44 Å². The first-order chi connectivity index (χ1) is 9.15. The maximum absolute atomic E-state index is 11.0. The van der Waals surface area contributed by atoms with Gasteiger partial charge in [0.05, 0.1) is 11.1 Å². The number of carboxylic acids is 2. The molecule has 1 unspecified atom stereocenters. The Morgan fingerprint density at radius 2 is 1.57 bits per heavy atom. The van der Waals surface area contributed by atoms with Crippen LogP contribution in [0.25, 0.3) is 0 Å². The zero-order valence-corrected chi connectivity index (χ0v) is 11.1. The first-order valence-corrected chi connectivity index (χ1v) is 6.90. The number of hydrogen-bond acceptors (Lipinski definition) is 5. The number of aromatic carboxylic acids is 2. The first kappa shape index (κ1) is 19.9. The standard InChI is InChI=1S/C11H12O8S.Na.H/c1-2-9(20(16,17)18)19-8-4-6(10(12)13)3-7(5-8)11(14)15;;/h3-5,9H,2H2,1H3,(H,12,13)(H,14,15)(H,16,17,18);;. The molecule has 1 aromatic rings. The van der Waals surface area contributed by atoms with Gasteiger partial charge in [0.15, 0.2) is 0 Å². The van der Waals surface area contributed by atoms with E-state index in [9.17, 15) is 18.0 Å². The van der Waals surface area contributed by atoms with E-state index in [1.165, 1.54) is 6.92 Å². The monoisotopic (exact) mass is 328 g/mol. The Morgan fingerprint density at radius 1 is 1.14 bits per heavy atom. The van der Waals surface area contributed by atoms with E-state index >= 15 is 0 Å². The molecule has 0 radical (unpaired) electrons. The molecule has 10 heteroatoms. The number of benzene rings is 1. The summed E-state index contributed by atoms with van der Waals surface area (Å²) >= 11 is 0. The maximum atomic E-state index is 11.0. The van der Waals surface area contributed by atoms with Gasteiger partial charge in [0.25, 0.3) is 0 Å². The second-order valence-corrected chi connectivity index (χ2v) is 5.38. The molecular formula is C11H13NaO8S. The van der Waals surface area contributed by atoms with E-state index in [0.717, 1.165) is 18.2 Å². The quantitative estimate of drug-likeness (QED) is 0.505. The Labute approximate surface area is 142 Å². The minimum atomic E-state index is -4.50. The fraction of sp³-hybridized carbons (Fsp3) is 0.273. The Bertz CT molecular complexity index is 607. The van der Waals surface area contributed by atoms with Crippen molar-refractivity contribution < 1.29 is 37.5 Å². The number of carboxylic acid groups (broad SMARTS) is 2. The molecule has 0 saturated carbocycles. The summed E-state index contributed by atoms with van der Waals surface area (Å²) in [7, 11) is -4.50. The van der Waals surface area contributed by atoms with Gasteiger partial charge in [-0.25, -0.2) is 9.59 Å². The number of ether oxygens (including phenoxy) is 1. The third-order valence-corrected chi connectivity index (χ3v) is 3.43. The summed E-state index contributed by atoms with van der Waals surface area (Å²) in [4.78, 5) is 21.7. The molecule has 1 aromatic carbocycles. The van der Waals surface area contributed by atoms with Crippen LogP contribution in [0.15, 0.2) is 18.2 Å². The molecule has 0 spiro atoms. The van der Waals surface area contributed by atoms with Gasteiger partial charge in [-0.2, -0.15) is 8.42 Å². The Morgan fingerprint density at radius 3 is 1.86 bits per heavy atom. The molecule has 0 aliphatic heterocycles. The van der Waals surface area contributed by atoms with E-state index < -0.39 is 27.5 Å². The molecule has 21 heavy (non-hydrogen) atoms. The Kier molecular flexibility index (Phi) is 7.34. The van der Waals surface area contributed by atoms with Crippen LogP contribution in [-0.2, 0) is 10.1 Å². The van der Waals surface area contributed by atoms with Crippen LogP contribution in [0, 0.1) is 0 Å². The van der Waals surface area contributed by atoms with Gasteiger partial charge in [0.1, 0.15) is 5.75 Å². The molecule has 0 saturated heterocycles. The summed E-state index contributed by atoms with van der Waals surface area (Å²) in [5.41, 5.74) is -2.34. The van der Waals surface area contributed by atoms with Crippen LogP contribution in [0.1, 0.15) is 34.1 Å². The summed E-state index contributed by atoms with van der Waals surface area (Å²) in [6.07, 6.45) is -0.0987. The van der Waals surface area contributed by atoms with Crippen LogP contribution in [0.3, 0.4) is 0 Å². The van der Waals surface area contributed by atoms with Crippen LogP contribution in [0.2, 0.25) is 0 Å². The van der Waals surface area contributed by atoms with Crippen molar-refractivity contribution in [3.05, 3.63) is 29.3 Å². The van der Waals surface area contributed by atoms with Gasteiger partial charge in [-0.05, 0) is 24.6 Å². The van der Waals surface area contributed by atoms with E-state index in [1.54, 1.807) is 0 Å². The zero-order chi connectivity index (χ0) is 15.5. The van der Waals surface area contributed by atoms with Crippen LogP contribution in [0.5, 0.6) is 5.75 Å². The molecule has 0 aliphatic rings. The first-order valence-electron chi connectivity index (χ1n) is 5.39. The van der Waals surface area contributed by atoms with E-state index in [0.29, 0.717) is 0 Å². The summed E-state index contributed by atoms with van der Waals surface area (Å²) in [6, 6.07) is 2.86. The summed E-state index contributed by atoms with van der Waals surface area (Å²) in [6.45, 7) is 1.43. The van der Waals surface area contributed by atoms with Crippen LogP contribution >= 0.6 is 0 Å². The number of hydrogen-bond donors (Lipinski definition) is 3.